The Hall–Kier alpha value is -3.02. The van der Waals surface area contributed by atoms with E-state index in [-0.39, 0.29) is 12.5 Å². The number of carbonyl (C=O) groups is 2. The summed E-state index contributed by atoms with van der Waals surface area (Å²) >= 11 is 0. The maximum Gasteiger partial charge on any atom is 0.338 e. The van der Waals surface area contributed by atoms with E-state index in [1.807, 2.05) is 49.3 Å². The summed E-state index contributed by atoms with van der Waals surface area (Å²) in [5.74, 6) is -0.873. The van der Waals surface area contributed by atoms with Gasteiger partial charge in [-0.3, -0.25) is 4.79 Å². The third-order valence-corrected chi connectivity index (χ3v) is 4.80. The molecule has 1 heterocycles. The van der Waals surface area contributed by atoms with Gasteiger partial charge in [-0.05, 0) is 61.7 Å². The molecule has 0 aliphatic carbocycles. The Labute approximate surface area is 166 Å². The lowest BCUT2D eigenvalue weighted by atomic mass is 10.1. The predicted octanol–water partition coefficient (Wildman–Crippen LogP) is 3.54. The van der Waals surface area contributed by atoms with Gasteiger partial charge < -0.3 is 19.9 Å². The number of benzene rings is 2. The fourth-order valence-electron chi connectivity index (χ4n) is 3.23. The van der Waals surface area contributed by atoms with Crippen molar-refractivity contribution < 1.29 is 14.3 Å². The molecule has 0 radical (unpaired) electrons. The van der Waals surface area contributed by atoms with E-state index in [2.05, 4.69) is 10.2 Å². The number of hydrogen-bond acceptors (Lipinski definition) is 5. The number of carbonyl (C=O) groups excluding carboxylic acids is 2. The summed E-state index contributed by atoms with van der Waals surface area (Å²) in [6.07, 6.45) is 3.74. The molecule has 1 aliphatic heterocycles. The van der Waals surface area contributed by atoms with Crippen molar-refractivity contribution in [3.63, 3.8) is 0 Å². The number of nitrogens with zero attached hydrogens (tertiary/aromatic N) is 2. The van der Waals surface area contributed by atoms with Crippen LogP contribution in [0.2, 0.25) is 0 Å². The highest BCUT2D eigenvalue weighted by Gasteiger charge is 2.13. The van der Waals surface area contributed by atoms with Crippen LogP contribution in [-0.2, 0) is 9.53 Å². The average molecular weight is 381 g/mol. The molecule has 1 aliphatic rings. The first-order chi connectivity index (χ1) is 13.5. The molecule has 0 atom stereocenters. The van der Waals surface area contributed by atoms with Crippen molar-refractivity contribution in [2.75, 3.05) is 48.9 Å². The molecule has 6 heteroatoms. The second-order valence-corrected chi connectivity index (χ2v) is 7.16. The molecule has 3 rings (SSSR count). The van der Waals surface area contributed by atoms with Crippen LogP contribution in [0, 0.1) is 0 Å². The highest BCUT2D eigenvalue weighted by atomic mass is 16.5. The molecule has 1 amide bonds. The Morgan fingerprint density at radius 2 is 1.75 bits per heavy atom. The summed E-state index contributed by atoms with van der Waals surface area (Å²) in [5.41, 5.74) is 3.18. The van der Waals surface area contributed by atoms with Crippen LogP contribution in [0.1, 0.15) is 29.6 Å². The molecule has 2 aromatic carbocycles. The number of amides is 1. The molecule has 0 unspecified atom stereocenters. The Morgan fingerprint density at radius 1 is 1.04 bits per heavy atom. The smallest absolute Gasteiger partial charge is 0.338 e. The number of hydrogen-bond donors (Lipinski definition) is 1. The highest BCUT2D eigenvalue weighted by Crippen LogP contribution is 2.21. The lowest BCUT2D eigenvalue weighted by molar-refractivity contribution is -0.119. The van der Waals surface area contributed by atoms with Gasteiger partial charge in [0.25, 0.3) is 5.91 Å². The minimum Gasteiger partial charge on any atom is -0.452 e. The molecule has 0 bridgehead atoms. The first-order valence-corrected chi connectivity index (χ1v) is 9.62. The van der Waals surface area contributed by atoms with Crippen molar-refractivity contribution in [2.45, 2.75) is 19.3 Å². The molecular formula is C22H27N3O3. The Bertz CT molecular complexity index is 812. The Kier molecular flexibility index (Phi) is 6.53. The van der Waals surface area contributed by atoms with Crippen LogP contribution in [0.4, 0.5) is 17.1 Å². The molecule has 148 valence electrons. The highest BCUT2D eigenvalue weighted by molar-refractivity contribution is 5.96. The molecule has 1 saturated heterocycles. The topological polar surface area (TPSA) is 61.9 Å². The van der Waals surface area contributed by atoms with Crippen molar-refractivity contribution in [3.8, 4) is 0 Å². The average Bonchev–Trinajstić information content (AvgIpc) is 2.73. The van der Waals surface area contributed by atoms with Gasteiger partial charge in [-0.2, -0.15) is 0 Å². The molecule has 1 fully saturated rings. The Balaban J connectivity index is 1.50. The molecule has 28 heavy (non-hydrogen) atoms. The second kappa shape index (κ2) is 9.26. The van der Waals surface area contributed by atoms with E-state index in [1.165, 1.54) is 24.9 Å². The standard InChI is InChI=1S/C22H27N3O3/c1-24(2)20-8-6-7-17(15-20)22(27)28-16-21(26)23-18-9-11-19(12-10-18)25-13-4-3-5-14-25/h6-12,15H,3-5,13-14,16H2,1-2H3,(H,23,26). The van der Waals surface area contributed by atoms with E-state index in [1.54, 1.807) is 18.2 Å². The van der Waals surface area contributed by atoms with Crippen LogP contribution in [0.15, 0.2) is 48.5 Å². The summed E-state index contributed by atoms with van der Waals surface area (Å²) in [7, 11) is 3.79. The minimum atomic E-state index is -0.515. The zero-order valence-electron chi connectivity index (χ0n) is 16.5. The molecule has 0 saturated carbocycles. The predicted molar refractivity (Wildman–Crippen MR) is 112 cm³/mol. The van der Waals surface area contributed by atoms with E-state index in [0.717, 1.165) is 18.8 Å². The van der Waals surface area contributed by atoms with Gasteiger partial charge in [0.2, 0.25) is 0 Å². The van der Waals surface area contributed by atoms with Crippen LogP contribution in [0.5, 0.6) is 0 Å². The van der Waals surface area contributed by atoms with Gasteiger partial charge in [0.1, 0.15) is 0 Å². The Morgan fingerprint density at radius 3 is 2.43 bits per heavy atom. The molecule has 0 spiro atoms. The van der Waals surface area contributed by atoms with Gasteiger partial charge in [-0.25, -0.2) is 4.79 Å². The number of anilines is 3. The van der Waals surface area contributed by atoms with Gasteiger partial charge in [0, 0.05) is 44.2 Å². The number of rotatable bonds is 6. The van der Waals surface area contributed by atoms with Gasteiger partial charge >= 0.3 is 5.97 Å². The lowest BCUT2D eigenvalue weighted by Crippen LogP contribution is -2.29. The second-order valence-electron chi connectivity index (χ2n) is 7.16. The lowest BCUT2D eigenvalue weighted by Gasteiger charge is -2.28. The zero-order valence-corrected chi connectivity index (χ0v) is 16.5. The number of ether oxygens (including phenoxy) is 1. The normalized spacial score (nSPS) is 13.7. The third kappa shape index (κ3) is 5.25. The molecule has 6 nitrogen and oxygen atoms in total. The van der Waals surface area contributed by atoms with Crippen LogP contribution in [0.3, 0.4) is 0 Å². The molecular weight excluding hydrogens is 354 g/mol. The van der Waals surface area contributed by atoms with E-state index < -0.39 is 5.97 Å². The summed E-state index contributed by atoms with van der Waals surface area (Å²) in [6.45, 7) is 1.84. The van der Waals surface area contributed by atoms with Crippen LogP contribution in [-0.4, -0.2) is 45.7 Å². The largest absolute Gasteiger partial charge is 0.452 e. The molecule has 0 aromatic heterocycles. The van der Waals surface area contributed by atoms with E-state index in [9.17, 15) is 9.59 Å². The molecule has 1 N–H and O–H groups in total. The number of esters is 1. The first-order valence-electron chi connectivity index (χ1n) is 9.62. The fourth-order valence-corrected chi connectivity index (χ4v) is 3.23. The quantitative estimate of drug-likeness (QED) is 0.776. The van der Waals surface area contributed by atoms with E-state index in [4.69, 9.17) is 4.74 Å². The third-order valence-electron chi connectivity index (χ3n) is 4.80. The zero-order chi connectivity index (χ0) is 19.9. The van der Waals surface area contributed by atoms with E-state index in [0.29, 0.717) is 11.3 Å². The van der Waals surface area contributed by atoms with Crippen LogP contribution < -0.4 is 15.1 Å². The van der Waals surface area contributed by atoms with Crippen molar-refractivity contribution in [1.29, 1.82) is 0 Å². The summed E-state index contributed by atoms with van der Waals surface area (Å²) in [4.78, 5) is 28.5. The first kappa shape index (κ1) is 19.7. The minimum absolute atomic E-state index is 0.321. The van der Waals surface area contributed by atoms with Gasteiger partial charge in [-0.15, -0.1) is 0 Å². The summed E-state index contributed by atoms with van der Waals surface area (Å²) in [6, 6.07) is 14.9. The SMILES string of the molecule is CN(C)c1cccc(C(=O)OCC(=O)Nc2ccc(N3CCCCC3)cc2)c1. The fraction of sp³-hybridized carbons (Fsp3) is 0.364. The van der Waals surface area contributed by atoms with Crippen molar-refractivity contribution in [1.82, 2.24) is 0 Å². The monoisotopic (exact) mass is 381 g/mol. The van der Waals surface area contributed by atoms with Crippen LogP contribution in [0.25, 0.3) is 0 Å². The summed E-state index contributed by atoms with van der Waals surface area (Å²) < 4.78 is 5.14. The molecule has 2 aromatic rings. The van der Waals surface area contributed by atoms with E-state index >= 15 is 0 Å². The van der Waals surface area contributed by atoms with Crippen LogP contribution >= 0.6 is 0 Å². The number of nitrogens with one attached hydrogen (secondary N) is 1. The summed E-state index contributed by atoms with van der Waals surface area (Å²) in [5, 5.41) is 2.77. The maximum absolute atomic E-state index is 12.2. The number of piperidine rings is 1. The van der Waals surface area contributed by atoms with Gasteiger partial charge in [-0.1, -0.05) is 6.07 Å². The maximum atomic E-state index is 12.2. The van der Waals surface area contributed by atoms with Crippen molar-refractivity contribution >= 4 is 28.9 Å². The van der Waals surface area contributed by atoms with Gasteiger partial charge in [0.05, 0.1) is 5.56 Å². The van der Waals surface area contributed by atoms with Gasteiger partial charge in [0.15, 0.2) is 6.61 Å². The van der Waals surface area contributed by atoms with Crippen molar-refractivity contribution in [2.24, 2.45) is 0 Å². The van der Waals surface area contributed by atoms with Crippen molar-refractivity contribution in [3.05, 3.63) is 54.1 Å².